The van der Waals surface area contributed by atoms with E-state index in [4.69, 9.17) is 4.18 Å². The van der Waals surface area contributed by atoms with Crippen molar-refractivity contribution in [2.24, 2.45) is 0 Å². The van der Waals surface area contributed by atoms with Crippen molar-refractivity contribution in [2.75, 3.05) is 36.0 Å². The molecule has 0 aliphatic heterocycles. The zero-order valence-electron chi connectivity index (χ0n) is 16.7. The molecular weight excluding hydrogens is 380 g/mol. The summed E-state index contributed by atoms with van der Waals surface area (Å²) in [5.74, 6) is 0.549. The van der Waals surface area contributed by atoms with E-state index in [-0.39, 0.29) is 0 Å². The standard InChI is InChI=1S/C24H28N2O2S/c1-5-17-25(18-6-2)21-9-13-23(14-10-21)28-29(27)24-15-11-22(12-16-24)26(19-7-3)20-8-4/h5-16H,1-4,17-20H2. The smallest absolute Gasteiger partial charge is 0.240 e. The van der Waals surface area contributed by atoms with E-state index in [1.807, 2.05) is 72.8 Å². The average molecular weight is 409 g/mol. The summed E-state index contributed by atoms with van der Waals surface area (Å²) in [6, 6.07) is 15.0. The van der Waals surface area contributed by atoms with Gasteiger partial charge >= 0.3 is 0 Å². The van der Waals surface area contributed by atoms with Gasteiger partial charge in [0.2, 0.25) is 11.1 Å². The molecule has 0 aliphatic rings. The summed E-state index contributed by atoms with van der Waals surface area (Å²) < 4.78 is 18.2. The van der Waals surface area contributed by atoms with Gasteiger partial charge in [-0.1, -0.05) is 24.3 Å². The first-order valence-corrected chi connectivity index (χ1v) is 10.4. The summed E-state index contributed by atoms with van der Waals surface area (Å²) in [6.07, 6.45) is 7.37. The minimum atomic E-state index is -1.59. The maximum Gasteiger partial charge on any atom is 0.240 e. The second-order valence-corrected chi connectivity index (χ2v) is 7.38. The van der Waals surface area contributed by atoms with Crippen molar-refractivity contribution in [3.63, 3.8) is 0 Å². The van der Waals surface area contributed by atoms with Crippen LogP contribution in [0.2, 0.25) is 0 Å². The second-order valence-electron chi connectivity index (χ2n) is 6.27. The Bertz CT molecular complexity index is 824. The first-order chi connectivity index (χ1) is 14.1. The van der Waals surface area contributed by atoms with Gasteiger partial charge < -0.3 is 14.0 Å². The molecule has 5 heteroatoms. The van der Waals surface area contributed by atoms with Gasteiger partial charge in [-0.3, -0.25) is 0 Å². The van der Waals surface area contributed by atoms with E-state index in [9.17, 15) is 4.21 Å². The summed E-state index contributed by atoms with van der Waals surface area (Å²) >= 11 is -1.59. The van der Waals surface area contributed by atoms with Crippen LogP contribution in [0.3, 0.4) is 0 Å². The molecule has 0 aliphatic carbocycles. The highest BCUT2D eigenvalue weighted by molar-refractivity contribution is 7.80. The monoisotopic (exact) mass is 408 g/mol. The van der Waals surface area contributed by atoms with Crippen LogP contribution in [-0.2, 0) is 11.1 Å². The number of hydrogen-bond acceptors (Lipinski definition) is 4. The van der Waals surface area contributed by atoms with E-state index in [2.05, 4.69) is 36.1 Å². The highest BCUT2D eigenvalue weighted by Gasteiger charge is 2.10. The lowest BCUT2D eigenvalue weighted by Gasteiger charge is -2.22. The Hall–Kier alpha value is -3.05. The molecule has 0 bridgehead atoms. The van der Waals surface area contributed by atoms with E-state index < -0.39 is 11.1 Å². The van der Waals surface area contributed by atoms with Gasteiger partial charge in [-0.05, 0) is 48.5 Å². The van der Waals surface area contributed by atoms with Gasteiger partial charge in [-0.15, -0.1) is 26.3 Å². The van der Waals surface area contributed by atoms with Crippen molar-refractivity contribution in [1.29, 1.82) is 0 Å². The van der Waals surface area contributed by atoms with Gasteiger partial charge in [-0.2, -0.15) is 0 Å². The van der Waals surface area contributed by atoms with Crippen LogP contribution in [0.1, 0.15) is 0 Å². The predicted octanol–water partition coefficient (Wildman–Crippen LogP) is 5.15. The van der Waals surface area contributed by atoms with E-state index >= 15 is 0 Å². The number of rotatable bonds is 13. The Morgan fingerprint density at radius 2 is 1.07 bits per heavy atom. The lowest BCUT2D eigenvalue weighted by Crippen LogP contribution is -2.23. The molecule has 0 aromatic heterocycles. The van der Waals surface area contributed by atoms with Gasteiger partial charge in [0, 0.05) is 37.6 Å². The van der Waals surface area contributed by atoms with Crippen LogP contribution in [0.4, 0.5) is 11.4 Å². The number of benzene rings is 2. The fraction of sp³-hybridized carbons (Fsp3) is 0.167. The molecule has 0 saturated heterocycles. The normalized spacial score (nSPS) is 11.2. The fourth-order valence-corrected chi connectivity index (χ4v) is 3.55. The SMILES string of the molecule is C=CCN(CC=C)c1ccc(OS(=O)c2ccc(N(CC=C)CC=C)cc2)cc1. The summed E-state index contributed by atoms with van der Waals surface area (Å²) in [4.78, 5) is 4.84. The zero-order valence-corrected chi connectivity index (χ0v) is 17.5. The van der Waals surface area contributed by atoms with Crippen molar-refractivity contribution in [3.8, 4) is 5.75 Å². The molecule has 4 nitrogen and oxygen atoms in total. The lowest BCUT2D eigenvalue weighted by molar-refractivity contribution is 0.562. The van der Waals surface area contributed by atoms with Crippen LogP contribution >= 0.6 is 0 Å². The Balaban J connectivity index is 2.05. The van der Waals surface area contributed by atoms with Crippen molar-refractivity contribution in [3.05, 3.63) is 99.2 Å². The molecule has 2 rings (SSSR count). The molecular formula is C24H28N2O2S. The first kappa shape index (κ1) is 22.2. The first-order valence-electron chi connectivity index (χ1n) is 9.36. The summed E-state index contributed by atoms with van der Waals surface area (Å²) in [7, 11) is 0. The van der Waals surface area contributed by atoms with E-state index in [0.717, 1.165) is 24.5 Å². The molecule has 29 heavy (non-hydrogen) atoms. The number of anilines is 2. The third kappa shape index (κ3) is 6.50. The van der Waals surface area contributed by atoms with Crippen molar-refractivity contribution < 1.29 is 8.39 Å². The summed E-state index contributed by atoms with van der Waals surface area (Å²) in [5.41, 5.74) is 2.04. The van der Waals surface area contributed by atoms with Crippen LogP contribution in [0, 0.1) is 0 Å². The molecule has 1 unspecified atom stereocenters. The van der Waals surface area contributed by atoms with Crippen molar-refractivity contribution in [2.45, 2.75) is 4.90 Å². The van der Waals surface area contributed by atoms with E-state index in [1.54, 1.807) is 0 Å². The van der Waals surface area contributed by atoms with E-state index in [1.165, 1.54) is 0 Å². The fourth-order valence-electron chi connectivity index (χ4n) is 2.81. The summed E-state index contributed by atoms with van der Waals surface area (Å²) in [6.45, 7) is 18.0. The Morgan fingerprint density at radius 1 is 0.690 bits per heavy atom. The average Bonchev–Trinajstić information content (AvgIpc) is 2.74. The molecule has 0 heterocycles. The largest absolute Gasteiger partial charge is 0.397 e. The van der Waals surface area contributed by atoms with Crippen molar-refractivity contribution in [1.82, 2.24) is 0 Å². The van der Waals surface area contributed by atoms with Gasteiger partial charge in [-0.25, -0.2) is 4.21 Å². The predicted molar refractivity (Wildman–Crippen MR) is 125 cm³/mol. The van der Waals surface area contributed by atoms with Crippen LogP contribution < -0.4 is 14.0 Å². The topological polar surface area (TPSA) is 32.8 Å². The van der Waals surface area contributed by atoms with Gasteiger partial charge in [0.05, 0.1) is 4.90 Å². The minimum Gasteiger partial charge on any atom is -0.397 e. The number of nitrogens with zero attached hydrogens (tertiary/aromatic N) is 2. The van der Waals surface area contributed by atoms with Crippen LogP contribution in [-0.4, -0.2) is 30.4 Å². The molecule has 0 fully saturated rings. The highest BCUT2D eigenvalue weighted by atomic mass is 32.2. The Kier molecular flexibility index (Phi) is 8.99. The molecule has 0 radical (unpaired) electrons. The molecule has 0 spiro atoms. The maximum atomic E-state index is 12.6. The molecule has 2 aromatic rings. The summed E-state index contributed by atoms with van der Waals surface area (Å²) in [5, 5.41) is 0. The maximum absolute atomic E-state index is 12.6. The molecule has 152 valence electrons. The van der Waals surface area contributed by atoms with Crippen LogP contribution in [0.5, 0.6) is 5.75 Å². The minimum absolute atomic E-state index is 0.549. The third-order valence-electron chi connectivity index (χ3n) is 4.17. The van der Waals surface area contributed by atoms with Crippen molar-refractivity contribution >= 4 is 22.5 Å². The zero-order chi connectivity index (χ0) is 21.1. The number of hydrogen-bond donors (Lipinski definition) is 0. The molecule has 0 N–H and O–H groups in total. The van der Waals surface area contributed by atoms with E-state index in [0.29, 0.717) is 23.7 Å². The van der Waals surface area contributed by atoms with Crippen LogP contribution in [0.15, 0.2) is 104 Å². The van der Waals surface area contributed by atoms with Crippen LogP contribution in [0.25, 0.3) is 0 Å². The lowest BCUT2D eigenvalue weighted by atomic mass is 10.2. The van der Waals surface area contributed by atoms with Gasteiger partial charge in [0.1, 0.15) is 5.75 Å². The van der Waals surface area contributed by atoms with Gasteiger partial charge in [0.15, 0.2) is 0 Å². The second kappa shape index (κ2) is 11.7. The Morgan fingerprint density at radius 3 is 1.45 bits per heavy atom. The molecule has 2 aromatic carbocycles. The molecule has 0 amide bonds. The van der Waals surface area contributed by atoms with Gasteiger partial charge in [0.25, 0.3) is 0 Å². The quantitative estimate of drug-likeness (QED) is 0.429. The molecule has 1 atom stereocenters. The third-order valence-corrected chi connectivity index (χ3v) is 5.17. The molecule has 0 saturated carbocycles. The Labute approximate surface area is 176 Å². The highest BCUT2D eigenvalue weighted by Crippen LogP contribution is 2.23.